The molecule has 0 aliphatic heterocycles. The van der Waals surface area contributed by atoms with E-state index in [0.717, 1.165) is 29.7 Å². The number of allylic oxidation sites excluding steroid dienone is 1. The van der Waals surface area contributed by atoms with Crippen molar-refractivity contribution in [2.75, 3.05) is 25.6 Å². The smallest absolute Gasteiger partial charge is 0.264 e. The zero-order valence-electron chi connectivity index (χ0n) is 19.6. The van der Waals surface area contributed by atoms with Crippen LogP contribution in [-0.2, 0) is 16.0 Å². The highest BCUT2D eigenvalue weighted by atomic mass is 32.1. The molecule has 2 amide bonds. The fourth-order valence-electron chi connectivity index (χ4n) is 3.26. The number of anilines is 1. The third kappa shape index (κ3) is 7.45. The maximum atomic E-state index is 12.4. The minimum Gasteiger partial charge on any atom is -0.493 e. The van der Waals surface area contributed by atoms with Crippen LogP contribution < -0.4 is 20.1 Å². The van der Waals surface area contributed by atoms with Gasteiger partial charge < -0.3 is 14.8 Å². The van der Waals surface area contributed by atoms with E-state index in [1.165, 1.54) is 23.8 Å². The largest absolute Gasteiger partial charge is 0.493 e. The molecule has 7 nitrogen and oxygen atoms in total. The Morgan fingerprint density at radius 1 is 1.12 bits per heavy atom. The number of carbonyl (C=O) groups is 2. The Morgan fingerprint density at radius 3 is 2.62 bits per heavy atom. The minimum atomic E-state index is -0.296. The maximum Gasteiger partial charge on any atom is 0.264 e. The summed E-state index contributed by atoms with van der Waals surface area (Å²) in [6.45, 7) is 3.98. The lowest BCUT2D eigenvalue weighted by atomic mass is 10.1. The Hall–Kier alpha value is -3.65. The molecule has 1 aromatic heterocycles. The SMILES string of the molecule is C/C=C/c1ccc(OCC(=O)Nc2nc(-c3ccc(CCCNC(C)=O)cc3)cs2)c(OC)c1. The number of carbonyl (C=O) groups excluding carboxylic acids is 2. The van der Waals surface area contributed by atoms with Crippen molar-refractivity contribution in [1.82, 2.24) is 10.3 Å². The number of aromatic nitrogens is 1. The topological polar surface area (TPSA) is 89.5 Å². The van der Waals surface area contributed by atoms with Gasteiger partial charge in [-0.2, -0.15) is 0 Å². The lowest BCUT2D eigenvalue weighted by molar-refractivity contribution is -0.119. The Balaban J connectivity index is 1.51. The lowest BCUT2D eigenvalue weighted by Gasteiger charge is -2.11. The Labute approximate surface area is 203 Å². The van der Waals surface area contributed by atoms with Gasteiger partial charge in [-0.05, 0) is 43.0 Å². The molecular formula is C26H29N3O4S. The number of methoxy groups -OCH3 is 1. The zero-order valence-corrected chi connectivity index (χ0v) is 20.4. The van der Waals surface area contributed by atoms with Gasteiger partial charge in [-0.1, -0.05) is 42.5 Å². The highest BCUT2D eigenvalue weighted by Gasteiger charge is 2.11. The van der Waals surface area contributed by atoms with Crippen LogP contribution in [0.25, 0.3) is 17.3 Å². The Bertz CT molecular complexity index is 1140. The quantitative estimate of drug-likeness (QED) is 0.380. The number of amides is 2. The van der Waals surface area contributed by atoms with Crippen molar-refractivity contribution in [3.8, 4) is 22.8 Å². The molecule has 34 heavy (non-hydrogen) atoms. The van der Waals surface area contributed by atoms with Gasteiger partial charge in [0.1, 0.15) is 0 Å². The number of hydrogen-bond acceptors (Lipinski definition) is 6. The fourth-order valence-corrected chi connectivity index (χ4v) is 4.00. The van der Waals surface area contributed by atoms with Gasteiger partial charge in [-0.15, -0.1) is 11.3 Å². The van der Waals surface area contributed by atoms with Crippen molar-refractivity contribution in [1.29, 1.82) is 0 Å². The average molecular weight is 480 g/mol. The number of rotatable bonds is 11. The molecule has 3 rings (SSSR count). The molecule has 0 spiro atoms. The third-order valence-corrected chi connectivity index (χ3v) is 5.68. The summed E-state index contributed by atoms with van der Waals surface area (Å²) in [4.78, 5) is 27.8. The molecule has 0 fully saturated rings. The molecule has 1 heterocycles. The monoisotopic (exact) mass is 479 g/mol. The number of thiazole rings is 1. The van der Waals surface area contributed by atoms with E-state index in [-0.39, 0.29) is 18.4 Å². The fraction of sp³-hybridized carbons (Fsp3) is 0.269. The van der Waals surface area contributed by atoms with Gasteiger partial charge in [0.05, 0.1) is 12.8 Å². The first-order chi connectivity index (χ1) is 16.5. The van der Waals surface area contributed by atoms with E-state index in [0.29, 0.717) is 23.2 Å². The summed E-state index contributed by atoms with van der Waals surface area (Å²) in [5.41, 5.74) is 3.96. The van der Waals surface area contributed by atoms with E-state index >= 15 is 0 Å². The van der Waals surface area contributed by atoms with Crippen LogP contribution in [0.4, 0.5) is 5.13 Å². The molecule has 2 N–H and O–H groups in total. The maximum absolute atomic E-state index is 12.4. The average Bonchev–Trinajstić information content (AvgIpc) is 3.29. The summed E-state index contributed by atoms with van der Waals surface area (Å²) in [7, 11) is 1.57. The number of nitrogens with zero attached hydrogens (tertiary/aromatic N) is 1. The first kappa shape index (κ1) is 25.0. The van der Waals surface area contributed by atoms with E-state index in [4.69, 9.17) is 9.47 Å². The highest BCUT2D eigenvalue weighted by molar-refractivity contribution is 7.14. The van der Waals surface area contributed by atoms with Crippen molar-refractivity contribution in [2.24, 2.45) is 0 Å². The Morgan fingerprint density at radius 2 is 1.91 bits per heavy atom. The molecule has 0 bridgehead atoms. The van der Waals surface area contributed by atoms with E-state index in [9.17, 15) is 9.59 Å². The van der Waals surface area contributed by atoms with Crippen LogP contribution in [0.15, 0.2) is 53.9 Å². The zero-order chi connectivity index (χ0) is 24.3. The minimum absolute atomic E-state index is 0.00760. The molecule has 3 aromatic rings. The van der Waals surface area contributed by atoms with Gasteiger partial charge in [0.15, 0.2) is 23.2 Å². The van der Waals surface area contributed by atoms with Crippen molar-refractivity contribution in [3.05, 3.63) is 65.0 Å². The first-order valence-electron chi connectivity index (χ1n) is 11.0. The van der Waals surface area contributed by atoms with Crippen LogP contribution in [0.3, 0.4) is 0 Å². The van der Waals surface area contributed by atoms with Crippen LogP contribution in [0, 0.1) is 0 Å². The van der Waals surface area contributed by atoms with Gasteiger partial charge in [0.2, 0.25) is 5.91 Å². The van der Waals surface area contributed by atoms with E-state index in [2.05, 4.69) is 27.8 Å². The summed E-state index contributed by atoms with van der Waals surface area (Å²) < 4.78 is 11.0. The molecule has 0 aliphatic carbocycles. The number of nitrogens with one attached hydrogen (secondary N) is 2. The molecule has 8 heteroatoms. The second-order valence-electron chi connectivity index (χ2n) is 7.57. The van der Waals surface area contributed by atoms with Gasteiger partial charge in [0, 0.05) is 24.4 Å². The second kappa shape index (κ2) is 12.6. The Kier molecular flexibility index (Phi) is 9.22. The highest BCUT2D eigenvalue weighted by Crippen LogP contribution is 2.29. The summed E-state index contributed by atoms with van der Waals surface area (Å²) in [5.74, 6) is 0.767. The van der Waals surface area contributed by atoms with Crippen LogP contribution in [0.5, 0.6) is 11.5 Å². The molecule has 0 aliphatic rings. The standard InChI is InChI=1S/C26H29N3O4S/c1-4-6-20-10-13-23(24(15-20)32-3)33-16-25(31)29-26-28-22(17-34-26)21-11-8-19(9-12-21)7-5-14-27-18(2)30/h4,6,8-13,15,17H,5,7,14,16H2,1-3H3,(H,27,30)(H,28,29,31)/b6-4+. The van der Waals surface area contributed by atoms with Gasteiger partial charge in [-0.3, -0.25) is 14.9 Å². The molecule has 0 saturated carbocycles. The number of hydrogen-bond donors (Lipinski definition) is 2. The summed E-state index contributed by atoms with van der Waals surface area (Å²) >= 11 is 1.36. The van der Waals surface area contributed by atoms with Crippen LogP contribution in [0.2, 0.25) is 0 Å². The normalized spacial score (nSPS) is 10.8. The summed E-state index contributed by atoms with van der Waals surface area (Å²) in [6, 6.07) is 13.7. The third-order valence-electron chi connectivity index (χ3n) is 4.92. The first-order valence-corrected chi connectivity index (χ1v) is 11.9. The number of benzene rings is 2. The van der Waals surface area contributed by atoms with E-state index in [1.54, 1.807) is 13.2 Å². The lowest BCUT2D eigenvalue weighted by Crippen LogP contribution is -2.21. The molecule has 178 valence electrons. The predicted octanol–water partition coefficient (Wildman–Crippen LogP) is 4.94. The molecule has 2 aromatic carbocycles. The summed E-state index contributed by atoms with van der Waals surface area (Å²) in [5, 5.41) is 8.01. The van der Waals surface area contributed by atoms with Crippen LogP contribution in [0.1, 0.15) is 31.4 Å². The van der Waals surface area contributed by atoms with Crippen LogP contribution in [-0.4, -0.2) is 37.1 Å². The van der Waals surface area contributed by atoms with Gasteiger partial charge in [-0.25, -0.2) is 4.98 Å². The van der Waals surface area contributed by atoms with E-state index in [1.807, 2.05) is 48.7 Å². The predicted molar refractivity (Wildman–Crippen MR) is 136 cm³/mol. The molecule has 0 saturated heterocycles. The molecule has 0 unspecified atom stereocenters. The van der Waals surface area contributed by atoms with Gasteiger partial charge in [0.25, 0.3) is 5.91 Å². The van der Waals surface area contributed by atoms with Crippen molar-refractivity contribution in [3.63, 3.8) is 0 Å². The van der Waals surface area contributed by atoms with Gasteiger partial charge >= 0.3 is 0 Å². The number of aryl methyl sites for hydroxylation is 1. The van der Waals surface area contributed by atoms with Crippen LogP contribution >= 0.6 is 11.3 Å². The molecule has 0 radical (unpaired) electrons. The van der Waals surface area contributed by atoms with Crippen molar-refractivity contribution < 1.29 is 19.1 Å². The number of ether oxygens (including phenoxy) is 2. The molecular weight excluding hydrogens is 450 g/mol. The summed E-state index contributed by atoms with van der Waals surface area (Å²) in [6.07, 6.45) is 5.68. The second-order valence-corrected chi connectivity index (χ2v) is 8.43. The van der Waals surface area contributed by atoms with Crippen molar-refractivity contribution in [2.45, 2.75) is 26.7 Å². The van der Waals surface area contributed by atoms with Crippen molar-refractivity contribution >= 4 is 34.4 Å². The molecule has 0 atom stereocenters. The van der Waals surface area contributed by atoms with E-state index < -0.39 is 0 Å².